The number of aromatic nitrogens is 1. The van der Waals surface area contributed by atoms with E-state index in [2.05, 4.69) is 35.1 Å². The summed E-state index contributed by atoms with van der Waals surface area (Å²) in [4.78, 5) is 0. The van der Waals surface area contributed by atoms with Gasteiger partial charge in [0.05, 0.1) is 12.1 Å². The van der Waals surface area contributed by atoms with Crippen molar-refractivity contribution in [3.05, 3.63) is 70.9 Å². The van der Waals surface area contributed by atoms with E-state index in [-0.39, 0.29) is 18.4 Å². The van der Waals surface area contributed by atoms with Crippen LogP contribution in [0.2, 0.25) is 5.02 Å². The van der Waals surface area contributed by atoms with Gasteiger partial charge in [0.1, 0.15) is 0 Å². The molecular formula is C19H22Cl2N2O. The fourth-order valence-electron chi connectivity index (χ4n) is 3.17. The van der Waals surface area contributed by atoms with E-state index in [1.165, 1.54) is 0 Å². The van der Waals surface area contributed by atoms with Gasteiger partial charge in [-0.25, -0.2) is 0 Å². The van der Waals surface area contributed by atoms with E-state index >= 15 is 0 Å². The Morgan fingerprint density at radius 1 is 1.17 bits per heavy atom. The Morgan fingerprint density at radius 3 is 2.54 bits per heavy atom. The highest BCUT2D eigenvalue weighted by Gasteiger charge is 2.24. The van der Waals surface area contributed by atoms with Crippen LogP contribution >= 0.6 is 24.0 Å². The smallest absolute Gasteiger partial charge is 0.0912 e. The molecule has 0 spiro atoms. The van der Waals surface area contributed by atoms with Gasteiger partial charge in [0, 0.05) is 28.7 Å². The molecule has 3 nitrogen and oxygen atoms in total. The minimum atomic E-state index is -0.534. The molecule has 24 heavy (non-hydrogen) atoms. The molecule has 0 aliphatic heterocycles. The molecule has 0 bridgehead atoms. The number of aryl methyl sites for hydroxylation is 1. The second kappa shape index (κ2) is 8.04. The quantitative estimate of drug-likeness (QED) is 0.711. The minimum absolute atomic E-state index is 0. The minimum Gasteiger partial charge on any atom is -0.389 e. The summed E-state index contributed by atoms with van der Waals surface area (Å²) < 4.78 is 2.15. The first-order valence-corrected chi connectivity index (χ1v) is 8.14. The van der Waals surface area contributed by atoms with Crippen molar-refractivity contribution in [2.45, 2.75) is 19.1 Å². The standard InChI is InChI=1S/C19H21ClN2O.ClH/c1-13-12-22(17-9-8-15(20)10-16(13)17)19(18(23)11-21-2)14-6-4-3-5-7-14;/h3-10,12,18-19,21,23H,11H2,1-2H3;1H/t18-,19+;/m1./s1. The Kier molecular flexibility index (Phi) is 6.30. The molecule has 0 fully saturated rings. The largest absolute Gasteiger partial charge is 0.389 e. The summed E-state index contributed by atoms with van der Waals surface area (Å²) >= 11 is 6.14. The van der Waals surface area contributed by atoms with Crippen LogP contribution in [-0.2, 0) is 0 Å². The fraction of sp³-hybridized carbons (Fsp3) is 0.263. The van der Waals surface area contributed by atoms with Gasteiger partial charge in [-0.15, -0.1) is 12.4 Å². The molecule has 128 valence electrons. The van der Waals surface area contributed by atoms with E-state index < -0.39 is 6.10 Å². The molecule has 2 aromatic carbocycles. The summed E-state index contributed by atoms with van der Waals surface area (Å²) in [7, 11) is 1.85. The zero-order chi connectivity index (χ0) is 16.4. The van der Waals surface area contributed by atoms with Crippen LogP contribution in [0.15, 0.2) is 54.7 Å². The highest BCUT2D eigenvalue weighted by molar-refractivity contribution is 6.31. The third kappa shape index (κ3) is 3.60. The molecule has 1 heterocycles. The van der Waals surface area contributed by atoms with Crippen LogP contribution in [0.1, 0.15) is 17.2 Å². The maximum atomic E-state index is 10.7. The van der Waals surface area contributed by atoms with Gasteiger partial charge < -0.3 is 15.0 Å². The highest BCUT2D eigenvalue weighted by Crippen LogP contribution is 2.31. The van der Waals surface area contributed by atoms with Crippen LogP contribution in [0.25, 0.3) is 10.9 Å². The lowest BCUT2D eigenvalue weighted by Crippen LogP contribution is -2.33. The van der Waals surface area contributed by atoms with Crippen molar-refractivity contribution in [2.24, 2.45) is 0 Å². The SMILES string of the molecule is CNC[C@@H](O)[C@H](c1ccccc1)n1cc(C)c2cc(Cl)ccc21.Cl. The summed E-state index contributed by atoms with van der Waals surface area (Å²) in [5.74, 6) is 0. The van der Waals surface area contributed by atoms with Gasteiger partial charge >= 0.3 is 0 Å². The summed E-state index contributed by atoms with van der Waals surface area (Å²) in [5.41, 5.74) is 3.32. The summed E-state index contributed by atoms with van der Waals surface area (Å²) in [5, 5.41) is 15.6. The van der Waals surface area contributed by atoms with Crippen molar-refractivity contribution >= 4 is 34.9 Å². The maximum absolute atomic E-state index is 10.7. The van der Waals surface area contributed by atoms with Gasteiger partial charge in [0.15, 0.2) is 0 Å². The zero-order valence-electron chi connectivity index (χ0n) is 13.7. The number of fused-ring (bicyclic) bond motifs is 1. The van der Waals surface area contributed by atoms with Crippen LogP contribution in [0, 0.1) is 6.92 Å². The van der Waals surface area contributed by atoms with Crippen molar-refractivity contribution < 1.29 is 5.11 Å². The average molecular weight is 365 g/mol. The number of halogens is 2. The average Bonchev–Trinajstić information content (AvgIpc) is 2.85. The first-order chi connectivity index (χ1) is 11.1. The van der Waals surface area contributed by atoms with Crippen LogP contribution in [0.3, 0.4) is 0 Å². The van der Waals surface area contributed by atoms with Crippen molar-refractivity contribution in [1.82, 2.24) is 9.88 Å². The van der Waals surface area contributed by atoms with Crippen molar-refractivity contribution in [3.63, 3.8) is 0 Å². The van der Waals surface area contributed by atoms with E-state index in [0.29, 0.717) is 6.54 Å². The predicted octanol–water partition coefficient (Wildman–Crippen LogP) is 4.19. The molecule has 3 rings (SSSR count). The second-order valence-corrected chi connectivity index (χ2v) is 6.30. The molecule has 0 aliphatic carbocycles. The molecular weight excluding hydrogens is 343 g/mol. The monoisotopic (exact) mass is 364 g/mol. The molecule has 0 radical (unpaired) electrons. The molecule has 2 N–H and O–H groups in total. The Labute approximate surface area is 153 Å². The van der Waals surface area contributed by atoms with E-state index in [0.717, 1.165) is 27.1 Å². The first kappa shape index (κ1) is 18.8. The van der Waals surface area contributed by atoms with Crippen LogP contribution in [0.4, 0.5) is 0 Å². The number of rotatable bonds is 5. The Balaban J connectivity index is 0.00000208. The second-order valence-electron chi connectivity index (χ2n) is 5.86. The van der Waals surface area contributed by atoms with Gasteiger partial charge in [0.25, 0.3) is 0 Å². The Hall–Kier alpha value is -1.52. The third-order valence-electron chi connectivity index (χ3n) is 4.21. The molecule has 5 heteroatoms. The lowest BCUT2D eigenvalue weighted by molar-refractivity contribution is 0.132. The first-order valence-electron chi connectivity index (χ1n) is 7.76. The lowest BCUT2D eigenvalue weighted by atomic mass is 10.0. The molecule has 1 aromatic heterocycles. The topological polar surface area (TPSA) is 37.2 Å². The zero-order valence-corrected chi connectivity index (χ0v) is 15.3. The molecule has 0 saturated carbocycles. The van der Waals surface area contributed by atoms with E-state index in [1.54, 1.807) is 0 Å². The summed E-state index contributed by atoms with van der Waals surface area (Å²) in [6.45, 7) is 2.59. The predicted molar refractivity (Wildman–Crippen MR) is 103 cm³/mol. The normalized spacial score (nSPS) is 13.5. The van der Waals surface area contributed by atoms with Gasteiger partial charge in [0.2, 0.25) is 0 Å². The third-order valence-corrected chi connectivity index (χ3v) is 4.45. The van der Waals surface area contributed by atoms with Crippen molar-refractivity contribution in [1.29, 1.82) is 0 Å². The summed E-state index contributed by atoms with van der Waals surface area (Å²) in [6, 6.07) is 15.9. The van der Waals surface area contributed by atoms with Gasteiger partial charge in [-0.05, 0) is 43.3 Å². The number of benzene rings is 2. The van der Waals surface area contributed by atoms with Crippen molar-refractivity contribution in [2.75, 3.05) is 13.6 Å². The molecule has 0 saturated heterocycles. The number of nitrogens with one attached hydrogen (secondary N) is 1. The number of likely N-dealkylation sites (N-methyl/N-ethyl adjacent to an activating group) is 1. The van der Waals surface area contributed by atoms with Crippen LogP contribution in [0.5, 0.6) is 0 Å². The Morgan fingerprint density at radius 2 is 1.88 bits per heavy atom. The highest BCUT2D eigenvalue weighted by atomic mass is 35.5. The van der Waals surface area contributed by atoms with E-state index in [4.69, 9.17) is 11.6 Å². The van der Waals surface area contributed by atoms with Gasteiger partial charge in [-0.3, -0.25) is 0 Å². The molecule has 0 unspecified atom stereocenters. The number of aliphatic hydroxyl groups is 1. The molecule has 3 aromatic rings. The van der Waals surface area contributed by atoms with Gasteiger partial charge in [-0.1, -0.05) is 41.9 Å². The molecule has 0 amide bonds. The summed E-state index contributed by atoms with van der Waals surface area (Å²) in [6.07, 6.45) is 1.56. The number of aliphatic hydroxyl groups excluding tert-OH is 1. The van der Waals surface area contributed by atoms with Gasteiger partial charge in [-0.2, -0.15) is 0 Å². The van der Waals surface area contributed by atoms with E-state index in [9.17, 15) is 5.11 Å². The lowest BCUT2D eigenvalue weighted by Gasteiger charge is -2.26. The molecule has 0 aliphatic rings. The van der Waals surface area contributed by atoms with Crippen molar-refractivity contribution in [3.8, 4) is 0 Å². The maximum Gasteiger partial charge on any atom is 0.0912 e. The fourth-order valence-corrected chi connectivity index (χ4v) is 3.34. The van der Waals surface area contributed by atoms with Crippen LogP contribution in [-0.4, -0.2) is 29.4 Å². The van der Waals surface area contributed by atoms with Crippen LogP contribution < -0.4 is 5.32 Å². The number of hydrogen-bond donors (Lipinski definition) is 2. The Bertz CT molecular complexity index is 802. The van der Waals surface area contributed by atoms with E-state index in [1.807, 2.05) is 43.4 Å². The molecule has 2 atom stereocenters. The number of hydrogen-bond acceptors (Lipinski definition) is 2. The number of nitrogens with zero attached hydrogens (tertiary/aromatic N) is 1.